The number of anilines is 1. The quantitative estimate of drug-likeness (QED) is 0.554. The molecule has 0 atom stereocenters. The van der Waals surface area contributed by atoms with Crippen LogP contribution < -0.4 is 5.32 Å². The summed E-state index contributed by atoms with van der Waals surface area (Å²) in [5.41, 5.74) is 4.49. The first-order valence-corrected chi connectivity index (χ1v) is 9.08. The zero-order chi connectivity index (χ0) is 17.2. The topological polar surface area (TPSA) is 50.7 Å². The molecule has 1 aromatic carbocycles. The molecule has 0 fully saturated rings. The van der Waals surface area contributed by atoms with Gasteiger partial charge in [-0.15, -0.1) is 11.3 Å². The molecule has 4 aromatic rings. The number of hydrogen-bond acceptors (Lipinski definition) is 5. The molecule has 3 aromatic heterocycles. The molecule has 3 heterocycles. The third-order valence-corrected chi connectivity index (χ3v) is 5.27. The maximum atomic E-state index is 4.71. The lowest BCUT2D eigenvalue weighted by Gasteiger charge is -2.06. The fourth-order valence-corrected chi connectivity index (χ4v) is 4.12. The molecule has 0 saturated heterocycles. The van der Waals surface area contributed by atoms with Gasteiger partial charge in [-0.1, -0.05) is 18.2 Å². The van der Waals surface area contributed by atoms with E-state index in [0.29, 0.717) is 5.95 Å². The van der Waals surface area contributed by atoms with E-state index in [-0.39, 0.29) is 0 Å². The molecular weight excluding hydrogens is 328 g/mol. The van der Waals surface area contributed by atoms with Crippen LogP contribution in [0.4, 0.5) is 5.95 Å². The maximum Gasteiger partial charge on any atom is 0.223 e. The van der Waals surface area contributed by atoms with Crippen molar-refractivity contribution in [2.45, 2.75) is 13.8 Å². The predicted octanol–water partition coefficient (Wildman–Crippen LogP) is 5.16. The van der Waals surface area contributed by atoms with Crippen LogP contribution in [0.3, 0.4) is 0 Å². The molecule has 0 aliphatic rings. The van der Waals surface area contributed by atoms with Crippen LogP contribution in [0.5, 0.6) is 0 Å². The molecule has 5 heteroatoms. The smallest absolute Gasteiger partial charge is 0.223 e. The molecule has 4 nitrogen and oxygen atoms in total. The van der Waals surface area contributed by atoms with Gasteiger partial charge in [-0.2, -0.15) is 0 Å². The van der Waals surface area contributed by atoms with Crippen LogP contribution >= 0.6 is 11.3 Å². The number of nitrogens with one attached hydrogen (secondary N) is 1. The van der Waals surface area contributed by atoms with Crippen molar-refractivity contribution in [3.8, 4) is 21.7 Å². The van der Waals surface area contributed by atoms with Crippen molar-refractivity contribution >= 4 is 27.4 Å². The van der Waals surface area contributed by atoms with E-state index in [4.69, 9.17) is 4.98 Å². The van der Waals surface area contributed by atoms with Gasteiger partial charge in [-0.25, -0.2) is 9.97 Å². The highest BCUT2D eigenvalue weighted by Crippen LogP contribution is 2.39. The largest absolute Gasteiger partial charge is 0.354 e. The number of aromatic nitrogens is 3. The SMILES string of the molecule is CCNc1ncc(C)c(-c2cc3cccc(-c4ccncc4)c3s2)n1. The van der Waals surface area contributed by atoms with Crippen molar-refractivity contribution in [1.82, 2.24) is 15.0 Å². The minimum absolute atomic E-state index is 0.676. The van der Waals surface area contributed by atoms with E-state index in [1.807, 2.05) is 37.6 Å². The Morgan fingerprint density at radius 3 is 2.76 bits per heavy atom. The molecule has 0 aliphatic heterocycles. The van der Waals surface area contributed by atoms with Gasteiger partial charge in [-0.3, -0.25) is 4.98 Å². The summed E-state index contributed by atoms with van der Waals surface area (Å²) in [7, 11) is 0. The molecule has 0 unspecified atom stereocenters. The van der Waals surface area contributed by atoms with Gasteiger partial charge in [0.1, 0.15) is 0 Å². The molecule has 124 valence electrons. The Morgan fingerprint density at radius 2 is 1.96 bits per heavy atom. The first-order chi connectivity index (χ1) is 12.3. The molecule has 0 amide bonds. The Balaban J connectivity index is 1.87. The van der Waals surface area contributed by atoms with E-state index < -0.39 is 0 Å². The van der Waals surface area contributed by atoms with Gasteiger partial charge in [0.2, 0.25) is 5.95 Å². The van der Waals surface area contributed by atoms with E-state index in [0.717, 1.165) is 22.7 Å². The van der Waals surface area contributed by atoms with Crippen molar-refractivity contribution in [3.63, 3.8) is 0 Å². The summed E-state index contributed by atoms with van der Waals surface area (Å²) in [6.07, 6.45) is 5.55. The summed E-state index contributed by atoms with van der Waals surface area (Å²) in [5, 5.41) is 4.42. The van der Waals surface area contributed by atoms with Gasteiger partial charge in [0.25, 0.3) is 0 Å². The summed E-state index contributed by atoms with van der Waals surface area (Å²) in [6, 6.07) is 12.7. The molecule has 25 heavy (non-hydrogen) atoms. The Labute approximate surface area is 150 Å². The molecule has 0 saturated carbocycles. The van der Waals surface area contributed by atoms with Crippen LogP contribution in [0.1, 0.15) is 12.5 Å². The Morgan fingerprint density at radius 1 is 1.12 bits per heavy atom. The molecular formula is C20H18N4S. The highest BCUT2D eigenvalue weighted by Gasteiger charge is 2.13. The van der Waals surface area contributed by atoms with Gasteiger partial charge in [0.05, 0.1) is 10.6 Å². The van der Waals surface area contributed by atoms with E-state index in [1.54, 1.807) is 11.3 Å². The summed E-state index contributed by atoms with van der Waals surface area (Å²) >= 11 is 1.77. The van der Waals surface area contributed by atoms with E-state index in [2.05, 4.69) is 46.5 Å². The minimum atomic E-state index is 0.676. The van der Waals surface area contributed by atoms with Crippen LogP contribution in [0.2, 0.25) is 0 Å². The lowest BCUT2D eigenvalue weighted by molar-refractivity contribution is 1.07. The predicted molar refractivity (Wildman–Crippen MR) is 105 cm³/mol. The van der Waals surface area contributed by atoms with E-state index in [9.17, 15) is 0 Å². The third kappa shape index (κ3) is 2.98. The lowest BCUT2D eigenvalue weighted by atomic mass is 10.1. The third-order valence-electron chi connectivity index (χ3n) is 4.08. The molecule has 0 spiro atoms. The second kappa shape index (κ2) is 6.61. The van der Waals surface area contributed by atoms with Gasteiger partial charge in [0.15, 0.2) is 0 Å². The molecule has 4 rings (SSSR count). The average molecular weight is 346 g/mol. The highest BCUT2D eigenvalue weighted by molar-refractivity contribution is 7.22. The molecule has 0 bridgehead atoms. The zero-order valence-electron chi connectivity index (χ0n) is 14.2. The van der Waals surface area contributed by atoms with Crippen molar-refractivity contribution in [2.75, 3.05) is 11.9 Å². The number of rotatable bonds is 4. The minimum Gasteiger partial charge on any atom is -0.354 e. The van der Waals surface area contributed by atoms with Crippen LogP contribution in [0, 0.1) is 6.92 Å². The van der Waals surface area contributed by atoms with Crippen LogP contribution in [-0.2, 0) is 0 Å². The number of nitrogens with zero attached hydrogens (tertiary/aromatic N) is 3. The monoisotopic (exact) mass is 346 g/mol. The van der Waals surface area contributed by atoms with Gasteiger partial charge in [0, 0.05) is 29.8 Å². The number of fused-ring (bicyclic) bond motifs is 1. The summed E-state index contributed by atoms with van der Waals surface area (Å²) in [5.74, 6) is 0.676. The number of pyridine rings is 1. The van der Waals surface area contributed by atoms with Crippen molar-refractivity contribution in [1.29, 1.82) is 0 Å². The zero-order valence-corrected chi connectivity index (χ0v) is 15.0. The first-order valence-electron chi connectivity index (χ1n) is 8.27. The van der Waals surface area contributed by atoms with Crippen molar-refractivity contribution < 1.29 is 0 Å². The first kappa shape index (κ1) is 15.7. The van der Waals surface area contributed by atoms with E-state index >= 15 is 0 Å². The Bertz CT molecular complexity index is 1020. The number of thiophene rings is 1. The van der Waals surface area contributed by atoms with E-state index in [1.165, 1.54) is 21.2 Å². The second-order valence-electron chi connectivity index (χ2n) is 5.83. The Hall–Kier alpha value is -2.79. The van der Waals surface area contributed by atoms with Crippen LogP contribution in [0.25, 0.3) is 31.8 Å². The maximum absolute atomic E-state index is 4.71. The van der Waals surface area contributed by atoms with Crippen molar-refractivity contribution in [2.24, 2.45) is 0 Å². The second-order valence-corrected chi connectivity index (χ2v) is 6.88. The van der Waals surface area contributed by atoms with Gasteiger partial charge in [-0.05, 0) is 54.1 Å². The number of hydrogen-bond donors (Lipinski definition) is 1. The van der Waals surface area contributed by atoms with Gasteiger partial charge >= 0.3 is 0 Å². The normalized spacial score (nSPS) is 11.0. The van der Waals surface area contributed by atoms with Crippen LogP contribution in [0.15, 0.2) is 55.0 Å². The molecule has 0 radical (unpaired) electrons. The lowest BCUT2D eigenvalue weighted by Crippen LogP contribution is -2.03. The fourth-order valence-electron chi connectivity index (χ4n) is 2.87. The average Bonchev–Trinajstić information content (AvgIpc) is 3.08. The Kier molecular flexibility index (Phi) is 4.15. The van der Waals surface area contributed by atoms with Gasteiger partial charge < -0.3 is 5.32 Å². The number of benzene rings is 1. The van der Waals surface area contributed by atoms with Crippen LogP contribution in [-0.4, -0.2) is 21.5 Å². The summed E-state index contributed by atoms with van der Waals surface area (Å²) < 4.78 is 1.27. The number of aryl methyl sites for hydroxylation is 1. The van der Waals surface area contributed by atoms with Crippen molar-refractivity contribution in [3.05, 3.63) is 60.6 Å². The summed E-state index contributed by atoms with van der Waals surface area (Å²) in [6.45, 7) is 4.91. The fraction of sp³-hybridized carbons (Fsp3) is 0.150. The molecule has 1 N–H and O–H groups in total. The standard InChI is InChI=1S/C20H18N4S/c1-3-22-20-23-12-13(2)18(24-20)17-11-15-5-4-6-16(19(15)25-17)14-7-9-21-10-8-14/h4-12H,3H2,1-2H3,(H,22,23,24). The molecule has 0 aliphatic carbocycles. The highest BCUT2D eigenvalue weighted by atomic mass is 32.1. The summed E-state index contributed by atoms with van der Waals surface area (Å²) in [4.78, 5) is 14.3.